The molecule has 1 aromatic heterocycles. The van der Waals surface area contributed by atoms with E-state index in [2.05, 4.69) is 4.98 Å². The van der Waals surface area contributed by atoms with E-state index in [0.29, 0.717) is 30.2 Å². The Bertz CT molecular complexity index is 685. The van der Waals surface area contributed by atoms with Gasteiger partial charge in [0.05, 0.1) is 19.3 Å². The predicted octanol–water partition coefficient (Wildman–Crippen LogP) is 1.87. The number of hydrogen-bond donors (Lipinski definition) is 1. The molecule has 0 radical (unpaired) electrons. The molecule has 5 nitrogen and oxygen atoms in total. The fourth-order valence-electron chi connectivity index (χ4n) is 2.54. The maximum atomic E-state index is 12.5. The number of anilines is 1. The van der Waals surface area contributed by atoms with E-state index in [1.807, 2.05) is 24.3 Å². The van der Waals surface area contributed by atoms with Crippen LogP contribution in [0.4, 0.5) is 5.69 Å². The average Bonchev–Trinajstić information content (AvgIpc) is 2.51. The van der Waals surface area contributed by atoms with Gasteiger partial charge in [-0.1, -0.05) is 12.1 Å². The summed E-state index contributed by atoms with van der Waals surface area (Å²) in [5.41, 5.74) is 8.97. The van der Waals surface area contributed by atoms with Gasteiger partial charge in [-0.3, -0.25) is 4.79 Å². The first-order valence-corrected chi connectivity index (χ1v) is 6.85. The van der Waals surface area contributed by atoms with Crippen molar-refractivity contribution in [3.63, 3.8) is 0 Å². The minimum atomic E-state index is 0.00756. The molecule has 1 amide bonds. The van der Waals surface area contributed by atoms with Crippen molar-refractivity contribution < 1.29 is 9.53 Å². The summed E-state index contributed by atoms with van der Waals surface area (Å²) < 4.78 is 5.11. The number of rotatable bonds is 3. The summed E-state index contributed by atoms with van der Waals surface area (Å²) in [5.74, 6) is 0.565. The molecule has 0 saturated carbocycles. The summed E-state index contributed by atoms with van der Waals surface area (Å²) >= 11 is 0. The SMILES string of the molecule is COc1cccc(CN2CCc3ccc(N)cc3C2=O)n1. The van der Waals surface area contributed by atoms with E-state index in [-0.39, 0.29) is 5.91 Å². The molecule has 1 aliphatic heterocycles. The Kier molecular flexibility index (Phi) is 3.48. The molecular formula is C16H17N3O2. The minimum absolute atomic E-state index is 0.00756. The first-order chi connectivity index (χ1) is 10.2. The Balaban J connectivity index is 1.83. The maximum absolute atomic E-state index is 12.5. The topological polar surface area (TPSA) is 68.5 Å². The van der Waals surface area contributed by atoms with E-state index >= 15 is 0 Å². The lowest BCUT2D eigenvalue weighted by Gasteiger charge is -2.28. The standard InChI is InChI=1S/C16H17N3O2/c1-21-15-4-2-3-13(18-15)10-19-8-7-11-5-6-12(17)9-14(11)16(19)20/h2-6,9H,7-8,10,17H2,1H3. The molecule has 108 valence electrons. The molecule has 0 unspecified atom stereocenters. The molecule has 21 heavy (non-hydrogen) atoms. The first-order valence-electron chi connectivity index (χ1n) is 6.85. The Morgan fingerprint density at radius 1 is 1.33 bits per heavy atom. The van der Waals surface area contributed by atoms with Crippen LogP contribution in [0.5, 0.6) is 5.88 Å². The molecule has 2 N–H and O–H groups in total. The fraction of sp³-hybridized carbons (Fsp3) is 0.250. The number of benzene rings is 1. The van der Waals surface area contributed by atoms with Crippen LogP contribution in [0.2, 0.25) is 0 Å². The fourth-order valence-corrected chi connectivity index (χ4v) is 2.54. The second-order valence-electron chi connectivity index (χ2n) is 5.06. The number of fused-ring (bicyclic) bond motifs is 1. The van der Waals surface area contributed by atoms with Crippen molar-refractivity contribution in [3.8, 4) is 5.88 Å². The van der Waals surface area contributed by atoms with E-state index < -0.39 is 0 Å². The van der Waals surface area contributed by atoms with Crippen molar-refractivity contribution >= 4 is 11.6 Å². The van der Waals surface area contributed by atoms with Gasteiger partial charge in [0.1, 0.15) is 0 Å². The normalized spacial score (nSPS) is 14.0. The summed E-state index contributed by atoms with van der Waals surface area (Å²) in [4.78, 5) is 18.7. The van der Waals surface area contributed by atoms with E-state index in [1.165, 1.54) is 0 Å². The van der Waals surface area contributed by atoms with Crippen LogP contribution >= 0.6 is 0 Å². The number of aromatic nitrogens is 1. The van der Waals surface area contributed by atoms with E-state index in [4.69, 9.17) is 10.5 Å². The largest absolute Gasteiger partial charge is 0.481 e. The number of pyridine rings is 1. The van der Waals surface area contributed by atoms with Gasteiger partial charge in [0.25, 0.3) is 5.91 Å². The Morgan fingerprint density at radius 2 is 2.19 bits per heavy atom. The van der Waals surface area contributed by atoms with Gasteiger partial charge in [-0.25, -0.2) is 4.98 Å². The highest BCUT2D eigenvalue weighted by Gasteiger charge is 2.24. The van der Waals surface area contributed by atoms with Gasteiger partial charge in [-0.15, -0.1) is 0 Å². The van der Waals surface area contributed by atoms with Crippen LogP contribution in [0.15, 0.2) is 36.4 Å². The van der Waals surface area contributed by atoms with E-state index in [9.17, 15) is 4.79 Å². The number of nitrogens with zero attached hydrogens (tertiary/aromatic N) is 2. The lowest BCUT2D eigenvalue weighted by atomic mass is 9.98. The van der Waals surface area contributed by atoms with Crippen LogP contribution < -0.4 is 10.5 Å². The predicted molar refractivity (Wildman–Crippen MR) is 80.1 cm³/mol. The highest BCUT2D eigenvalue weighted by atomic mass is 16.5. The number of nitrogen functional groups attached to an aromatic ring is 1. The third-order valence-electron chi connectivity index (χ3n) is 3.65. The van der Waals surface area contributed by atoms with Crippen molar-refractivity contribution in [1.82, 2.24) is 9.88 Å². The van der Waals surface area contributed by atoms with E-state index in [0.717, 1.165) is 17.7 Å². The van der Waals surface area contributed by atoms with Gasteiger partial charge in [0, 0.05) is 23.9 Å². The number of amides is 1. The van der Waals surface area contributed by atoms with Crippen molar-refractivity contribution in [2.45, 2.75) is 13.0 Å². The van der Waals surface area contributed by atoms with Gasteiger partial charge >= 0.3 is 0 Å². The van der Waals surface area contributed by atoms with Crippen LogP contribution in [0.3, 0.4) is 0 Å². The zero-order valence-corrected chi connectivity index (χ0v) is 11.9. The molecule has 0 spiro atoms. The first kappa shape index (κ1) is 13.4. The van der Waals surface area contributed by atoms with Crippen LogP contribution in [0, 0.1) is 0 Å². The zero-order chi connectivity index (χ0) is 14.8. The second kappa shape index (κ2) is 5.44. The lowest BCUT2D eigenvalue weighted by Crippen LogP contribution is -2.37. The quantitative estimate of drug-likeness (QED) is 0.873. The minimum Gasteiger partial charge on any atom is -0.481 e. The summed E-state index contributed by atoms with van der Waals surface area (Å²) in [5, 5.41) is 0. The third-order valence-corrected chi connectivity index (χ3v) is 3.65. The molecule has 1 aromatic carbocycles. The molecule has 0 atom stereocenters. The number of ether oxygens (including phenoxy) is 1. The molecule has 2 heterocycles. The average molecular weight is 283 g/mol. The van der Waals surface area contributed by atoms with Crippen LogP contribution in [-0.4, -0.2) is 29.4 Å². The Labute approximate surface area is 123 Å². The Morgan fingerprint density at radius 3 is 3.00 bits per heavy atom. The molecule has 2 aromatic rings. The summed E-state index contributed by atoms with van der Waals surface area (Å²) in [6.45, 7) is 1.17. The maximum Gasteiger partial charge on any atom is 0.254 e. The molecule has 3 rings (SSSR count). The molecule has 0 aliphatic carbocycles. The highest BCUT2D eigenvalue weighted by molar-refractivity contribution is 5.97. The number of carbonyl (C=O) groups is 1. The van der Waals surface area contributed by atoms with Gasteiger partial charge < -0.3 is 15.4 Å². The van der Waals surface area contributed by atoms with E-state index in [1.54, 1.807) is 24.1 Å². The zero-order valence-electron chi connectivity index (χ0n) is 11.9. The van der Waals surface area contributed by atoms with Crippen molar-refractivity contribution in [3.05, 3.63) is 53.2 Å². The van der Waals surface area contributed by atoms with Gasteiger partial charge in [0.2, 0.25) is 5.88 Å². The number of nitrogens with two attached hydrogens (primary N) is 1. The molecular weight excluding hydrogens is 266 g/mol. The number of carbonyl (C=O) groups excluding carboxylic acids is 1. The molecule has 0 fully saturated rings. The molecule has 1 aliphatic rings. The van der Waals surface area contributed by atoms with Crippen molar-refractivity contribution in [2.24, 2.45) is 0 Å². The van der Waals surface area contributed by atoms with Gasteiger partial charge in [0.15, 0.2) is 0 Å². The summed E-state index contributed by atoms with van der Waals surface area (Å²) in [6, 6.07) is 11.1. The smallest absolute Gasteiger partial charge is 0.254 e. The van der Waals surface area contributed by atoms with Gasteiger partial charge in [-0.2, -0.15) is 0 Å². The molecule has 0 bridgehead atoms. The van der Waals surface area contributed by atoms with Crippen molar-refractivity contribution in [1.29, 1.82) is 0 Å². The molecule has 5 heteroatoms. The third kappa shape index (κ3) is 2.67. The number of methoxy groups -OCH3 is 1. The summed E-state index contributed by atoms with van der Waals surface area (Å²) in [7, 11) is 1.58. The van der Waals surface area contributed by atoms with Crippen molar-refractivity contribution in [2.75, 3.05) is 19.4 Å². The summed E-state index contributed by atoms with van der Waals surface area (Å²) in [6.07, 6.45) is 0.839. The highest BCUT2D eigenvalue weighted by Crippen LogP contribution is 2.22. The van der Waals surface area contributed by atoms with Crippen LogP contribution in [-0.2, 0) is 13.0 Å². The Hall–Kier alpha value is -2.56. The lowest BCUT2D eigenvalue weighted by molar-refractivity contribution is 0.0724. The second-order valence-corrected chi connectivity index (χ2v) is 5.06. The number of hydrogen-bond acceptors (Lipinski definition) is 4. The monoisotopic (exact) mass is 283 g/mol. The van der Waals surface area contributed by atoms with Gasteiger partial charge in [-0.05, 0) is 30.2 Å². The van der Waals surface area contributed by atoms with Crippen LogP contribution in [0.25, 0.3) is 0 Å². The molecule has 0 saturated heterocycles. The van der Waals surface area contributed by atoms with Crippen LogP contribution in [0.1, 0.15) is 21.6 Å².